The molecule has 1 heterocycles. The van der Waals surface area contributed by atoms with Gasteiger partial charge in [-0.3, -0.25) is 0 Å². The van der Waals surface area contributed by atoms with Gasteiger partial charge in [0.2, 0.25) is 0 Å². The van der Waals surface area contributed by atoms with Gasteiger partial charge in [-0.25, -0.2) is 0 Å². The van der Waals surface area contributed by atoms with Crippen molar-refractivity contribution in [3.63, 3.8) is 0 Å². The van der Waals surface area contributed by atoms with Gasteiger partial charge in [0, 0.05) is 25.3 Å². The summed E-state index contributed by atoms with van der Waals surface area (Å²) >= 11 is 0. The largest absolute Gasteiger partial charge is 0.399 e. The first-order valence-corrected chi connectivity index (χ1v) is 5.88. The molecule has 15 heavy (non-hydrogen) atoms. The monoisotopic (exact) mass is 202 g/mol. The Balaban J connectivity index is 1.51. The number of nitrogen functional groups attached to an aromatic ring is 1. The van der Waals surface area contributed by atoms with E-state index in [0.717, 1.165) is 17.5 Å². The Morgan fingerprint density at radius 2 is 1.80 bits per heavy atom. The topological polar surface area (TPSA) is 29.3 Å². The van der Waals surface area contributed by atoms with E-state index in [2.05, 4.69) is 17.0 Å². The van der Waals surface area contributed by atoms with E-state index < -0.39 is 0 Å². The second-order valence-corrected chi connectivity index (χ2v) is 5.01. The van der Waals surface area contributed by atoms with Gasteiger partial charge in [0.1, 0.15) is 0 Å². The van der Waals surface area contributed by atoms with E-state index in [9.17, 15) is 0 Å². The summed E-state index contributed by atoms with van der Waals surface area (Å²) in [5, 5.41) is 0. The van der Waals surface area contributed by atoms with Gasteiger partial charge in [0.05, 0.1) is 0 Å². The van der Waals surface area contributed by atoms with E-state index in [4.69, 9.17) is 5.73 Å². The number of likely N-dealkylation sites (tertiary alicyclic amines) is 1. The smallest absolute Gasteiger partial charge is 0.0314 e. The summed E-state index contributed by atoms with van der Waals surface area (Å²) < 4.78 is 0. The van der Waals surface area contributed by atoms with E-state index in [1.807, 2.05) is 12.1 Å². The zero-order valence-corrected chi connectivity index (χ0v) is 9.02. The van der Waals surface area contributed by atoms with Crippen molar-refractivity contribution in [2.75, 3.05) is 25.4 Å². The van der Waals surface area contributed by atoms with Crippen LogP contribution < -0.4 is 5.73 Å². The van der Waals surface area contributed by atoms with Crippen molar-refractivity contribution in [2.24, 2.45) is 11.8 Å². The van der Waals surface area contributed by atoms with Crippen molar-refractivity contribution in [3.8, 4) is 0 Å². The number of benzene rings is 1. The van der Waals surface area contributed by atoms with Gasteiger partial charge in [-0.05, 0) is 42.4 Å². The Kier molecular flexibility index (Phi) is 2.17. The first-order valence-electron chi connectivity index (χ1n) is 5.88. The summed E-state index contributed by atoms with van der Waals surface area (Å²) in [6, 6.07) is 8.28. The van der Waals surface area contributed by atoms with Crippen molar-refractivity contribution >= 4 is 5.69 Å². The Morgan fingerprint density at radius 1 is 1.13 bits per heavy atom. The number of anilines is 1. The molecule has 1 aromatic rings. The maximum Gasteiger partial charge on any atom is 0.0314 e. The fourth-order valence-corrected chi connectivity index (χ4v) is 2.65. The number of hydrogen-bond acceptors (Lipinski definition) is 2. The van der Waals surface area contributed by atoms with Crippen LogP contribution in [0.4, 0.5) is 5.69 Å². The van der Waals surface area contributed by atoms with Crippen molar-refractivity contribution in [3.05, 3.63) is 29.8 Å². The molecule has 1 saturated heterocycles. The highest BCUT2D eigenvalue weighted by molar-refractivity contribution is 5.39. The lowest BCUT2D eigenvalue weighted by Crippen LogP contribution is -2.25. The molecule has 3 rings (SSSR count). The van der Waals surface area contributed by atoms with Gasteiger partial charge in [-0.15, -0.1) is 0 Å². The third kappa shape index (κ3) is 2.00. The molecule has 2 fully saturated rings. The van der Waals surface area contributed by atoms with Crippen LogP contribution in [0.5, 0.6) is 0 Å². The fourth-order valence-electron chi connectivity index (χ4n) is 2.65. The molecule has 1 aromatic carbocycles. The van der Waals surface area contributed by atoms with Gasteiger partial charge in [-0.1, -0.05) is 12.1 Å². The predicted octanol–water partition coefficient (Wildman–Crippen LogP) is 1.76. The van der Waals surface area contributed by atoms with Crippen LogP contribution in [0.1, 0.15) is 12.0 Å². The molecule has 0 radical (unpaired) electrons. The highest BCUT2D eigenvalue weighted by atomic mass is 15.2. The molecular formula is C13H18N2. The minimum absolute atomic E-state index is 0.862. The molecule has 2 nitrogen and oxygen atoms in total. The average molecular weight is 202 g/mol. The molecule has 2 unspecified atom stereocenters. The second-order valence-electron chi connectivity index (χ2n) is 5.01. The van der Waals surface area contributed by atoms with E-state index in [1.165, 1.54) is 38.0 Å². The average Bonchev–Trinajstić information content (AvgIpc) is 2.86. The number of hydrogen-bond donors (Lipinski definition) is 1. The number of nitrogens with zero attached hydrogens (tertiary/aromatic N) is 1. The molecule has 1 saturated carbocycles. The van der Waals surface area contributed by atoms with E-state index >= 15 is 0 Å². The summed E-state index contributed by atoms with van der Waals surface area (Å²) in [5.41, 5.74) is 7.93. The number of nitrogens with two attached hydrogens (primary N) is 1. The Morgan fingerprint density at radius 3 is 2.47 bits per heavy atom. The van der Waals surface area contributed by atoms with Crippen LogP contribution in [-0.2, 0) is 6.42 Å². The number of piperidine rings is 1. The summed E-state index contributed by atoms with van der Waals surface area (Å²) in [6.07, 6.45) is 2.66. The Labute approximate surface area is 91.1 Å². The minimum atomic E-state index is 0.862. The van der Waals surface area contributed by atoms with Crippen LogP contribution in [0, 0.1) is 11.8 Å². The SMILES string of the molecule is Nc1ccc(CCN2CC3CC3C2)cc1. The van der Waals surface area contributed by atoms with Crippen molar-refractivity contribution < 1.29 is 0 Å². The van der Waals surface area contributed by atoms with Gasteiger partial charge >= 0.3 is 0 Å². The molecule has 0 amide bonds. The lowest BCUT2D eigenvalue weighted by molar-refractivity contribution is 0.309. The summed E-state index contributed by atoms with van der Waals surface area (Å²) in [7, 11) is 0. The quantitative estimate of drug-likeness (QED) is 0.757. The molecule has 2 heteroatoms. The lowest BCUT2D eigenvalue weighted by Gasteiger charge is -2.16. The summed E-state index contributed by atoms with van der Waals surface area (Å²) in [5.74, 6) is 2.10. The molecule has 0 aromatic heterocycles. The van der Waals surface area contributed by atoms with Crippen LogP contribution in [-0.4, -0.2) is 24.5 Å². The zero-order chi connectivity index (χ0) is 10.3. The zero-order valence-electron chi connectivity index (χ0n) is 9.02. The molecule has 2 aliphatic rings. The predicted molar refractivity (Wildman–Crippen MR) is 62.6 cm³/mol. The molecule has 1 aliphatic carbocycles. The van der Waals surface area contributed by atoms with Crippen LogP contribution in [0.3, 0.4) is 0 Å². The first-order chi connectivity index (χ1) is 7.31. The van der Waals surface area contributed by atoms with Gasteiger partial charge in [-0.2, -0.15) is 0 Å². The minimum Gasteiger partial charge on any atom is -0.399 e. The standard InChI is InChI=1S/C13H18N2/c14-13-3-1-10(2-4-13)5-6-15-8-11-7-12(11)9-15/h1-4,11-12H,5-9,14H2. The van der Waals surface area contributed by atoms with Crippen LogP contribution >= 0.6 is 0 Å². The van der Waals surface area contributed by atoms with Crippen LogP contribution in [0.15, 0.2) is 24.3 Å². The van der Waals surface area contributed by atoms with Crippen molar-refractivity contribution in [1.29, 1.82) is 0 Å². The lowest BCUT2D eigenvalue weighted by atomic mass is 10.1. The highest BCUT2D eigenvalue weighted by Gasteiger charge is 2.44. The summed E-state index contributed by atoms with van der Waals surface area (Å²) in [6.45, 7) is 3.91. The van der Waals surface area contributed by atoms with Crippen molar-refractivity contribution in [2.45, 2.75) is 12.8 Å². The van der Waals surface area contributed by atoms with Gasteiger partial charge < -0.3 is 10.6 Å². The third-order valence-electron chi connectivity index (χ3n) is 3.75. The third-order valence-corrected chi connectivity index (χ3v) is 3.75. The highest BCUT2D eigenvalue weighted by Crippen LogP contribution is 2.44. The van der Waals surface area contributed by atoms with Gasteiger partial charge in [0.25, 0.3) is 0 Å². The molecule has 0 bridgehead atoms. The first kappa shape index (κ1) is 9.22. The number of rotatable bonds is 3. The maximum atomic E-state index is 5.66. The van der Waals surface area contributed by atoms with Crippen LogP contribution in [0.2, 0.25) is 0 Å². The fraction of sp³-hybridized carbons (Fsp3) is 0.538. The summed E-state index contributed by atoms with van der Waals surface area (Å²) in [4.78, 5) is 2.61. The molecule has 80 valence electrons. The van der Waals surface area contributed by atoms with Crippen LogP contribution in [0.25, 0.3) is 0 Å². The van der Waals surface area contributed by atoms with E-state index in [-0.39, 0.29) is 0 Å². The normalized spacial score (nSPS) is 29.1. The molecule has 0 spiro atoms. The molecule has 1 aliphatic heterocycles. The Hall–Kier alpha value is -1.02. The van der Waals surface area contributed by atoms with E-state index in [0.29, 0.717) is 0 Å². The molecule has 2 atom stereocenters. The molecular weight excluding hydrogens is 184 g/mol. The van der Waals surface area contributed by atoms with E-state index in [1.54, 1.807) is 0 Å². The number of fused-ring (bicyclic) bond motifs is 1. The molecule has 2 N–H and O–H groups in total. The van der Waals surface area contributed by atoms with Gasteiger partial charge in [0.15, 0.2) is 0 Å². The van der Waals surface area contributed by atoms with Crippen molar-refractivity contribution in [1.82, 2.24) is 4.90 Å². The Bertz CT molecular complexity index is 334. The maximum absolute atomic E-state index is 5.66. The second kappa shape index (κ2) is 3.53.